The minimum absolute atomic E-state index is 0.132. The molecule has 0 atom stereocenters. The van der Waals surface area contributed by atoms with E-state index in [1.807, 2.05) is 0 Å². The molecule has 0 saturated heterocycles. The van der Waals surface area contributed by atoms with E-state index in [1.165, 1.54) is 48.5 Å². The monoisotopic (exact) mass is 540 g/mol. The lowest BCUT2D eigenvalue weighted by molar-refractivity contribution is 0.461. The van der Waals surface area contributed by atoms with Crippen LogP contribution in [0.25, 0.3) is 0 Å². The first-order valence-corrected chi connectivity index (χ1v) is 13.9. The van der Waals surface area contributed by atoms with Gasteiger partial charge in [-0.1, -0.05) is 36.4 Å². The van der Waals surface area contributed by atoms with Crippen LogP contribution in [0.3, 0.4) is 0 Å². The maximum Gasteiger partial charge on any atom is 0.311 e. The molecule has 0 unspecified atom stereocenters. The van der Waals surface area contributed by atoms with E-state index in [-0.39, 0.29) is 21.3 Å². The van der Waals surface area contributed by atoms with E-state index in [1.54, 1.807) is 48.5 Å². The van der Waals surface area contributed by atoms with Crippen molar-refractivity contribution in [3.05, 3.63) is 108 Å². The summed E-state index contributed by atoms with van der Waals surface area (Å²) in [5.74, 6) is 0.263. The highest BCUT2D eigenvalue weighted by Crippen LogP contribution is 2.24. The second-order valence-corrected chi connectivity index (χ2v) is 11.3. The molecule has 0 heterocycles. The topological polar surface area (TPSA) is 142 Å². The minimum atomic E-state index is -4.62. The van der Waals surface area contributed by atoms with Crippen LogP contribution >= 0.6 is 0 Å². The Kier molecular flexibility index (Phi) is 7.67. The molecule has 0 fully saturated rings. The van der Waals surface area contributed by atoms with Crippen LogP contribution in [0.4, 0.5) is 11.4 Å². The number of rotatable bonds is 10. The summed E-state index contributed by atoms with van der Waals surface area (Å²) in [5, 5.41) is 25.8. The SMILES string of the molecule is O=S(=O)(OS(=O)(=O)c1ccc(NCc2ccccc2O)cc1)c1ccc(NCc2ccccc2O)cc1. The lowest BCUT2D eigenvalue weighted by atomic mass is 10.2. The van der Waals surface area contributed by atoms with Crippen molar-refractivity contribution < 1.29 is 30.7 Å². The molecule has 0 aliphatic heterocycles. The number of anilines is 2. The van der Waals surface area contributed by atoms with Gasteiger partial charge in [0, 0.05) is 35.6 Å². The molecule has 11 heteroatoms. The minimum Gasteiger partial charge on any atom is -0.508 e. The third-order valence-electron chi connectivity index (χ3n) is 5.41. The van der Waals surface area contributed by atoms with E-state index >= 15 is 0 Å². The van der Waals surface area contributed by atoms with Crippen LogP contribution in [-0.4, -0.2) is 27.0 Å². The molecule has 4 aromatic carbocycles. The molecule has 0 spiro atoms. The van der Waals surface area contributed by atoms with Crippen LogP contribution in [-0.2, 0) is 37.0 Å². The molecule has 0 saturated carbocycles. The fraction of sp³-hybridized carbons (Fsp3) is 0.0769. The number of phenols is 2. The summed E-state index contributed by atoms with van der Waals surface area (Å²) >= 11 is 0. The van der Waals surface area contributed by atoms with Crippen LogP contribution in [0.2, 0.25) is 0 Å². The Morgan fingerprint density at radius 3 is 1.24 bits per heavy atom. The smallest absolute Gasteiger partial charge is 0.311 e. The Labute approximate surface area is 215 Å². The van der Waals surface area contributed by atoms with Gasteiger partial charge in [0.15, 0.2) is 0 Å². The first-order chi connectivity index (χ1) is 17.6. The number of nitrogens with one attached hydrogen (secondary N) is 2. The van der Waals surface area contributed by atoms with Crippen LogP contribution in [0.5, 0.6) is 11.5 Å². The molecule has 4 rings (SSSR count). The maximum atomic E-state index is 12.6. The number of hydrogen-bond acceptors (Lipinski definition) is 9. The van der Waals surface area contributed by atoms with Gasteiger partial charge in [-0.05, 0) is 60.7 Å². The molecule has 4 aromatic rings. The summed E-state index contributed by atoms with van der Waals surface area (Å²) < 4.78 is 55.1. The molecule has 9 nitrogen and oxygen atoms in total. The predicted molar refractivity (Wildman–Crippen MR) is 139 cm³/mol. The van der Waals surface area contributed by atoms with Gasteiger partial charge in [0.25, 0.3) is 0 Å². The van der Waals surface area contributed by atoms with Crippen LogP contribution < -0.4 is 10.6 Å². The van der Waals surface area contributed by atoms with E-state index in [4.69, 9.17) is 0 Å². The number of benzene rings is 4. The summed E-state index contributed by atoms with van der Waals surface area (Å²) in [7, 11) is -9.23. The van der Waals surface area contributed by atoms with Crippen molar-refractivity contribution in [3.8, 4) is 11.5 Å². The number of phenolic OH excluding ortho intramolecular Hbond substituents is 2. The zero-order chi connectivity index (χ0) is 26.5. The van der Waals surface area contributed by atoms with Gasteiger partial charge in [-0.25, -0.2) is 0 Å². The second-order valence-electron chi connectivity index (χ2n) is 7.99. The standard InChI is InChI=1S/C26H24N2O7S2/c29-25-7-3-1-5-19(25)17-27-21-9-13-23(14-10-21)36(31,32)35-37(33,34)24-15-11-22(12-16-24)28-18-20-6-2-4-8-26(20)30/h1-16,27-30H,17-18H2. The zero-order valence-corrected chi connectivity index (χ0v) is 21.0. The Morgan fingerprint density at radius 1 is 0.541 bits per heavy atom. The first-order valence-electron chi connectivity index (χ1n) is 11.1. The lowest BCUT2D eigenvalue weighted by Gasteiger charge is -2.11. The van der Waals surface area contributed by atoms with Crippen LogP contribution in [0.1, 0.15) is 11.1 Å². The average Bonchev–Trinajstić information content (AvgIpc) is 2.88. The summed E-state index contributed by atoms with van der Waals surface area (Å²) in [6.07, 6.45) is 0. The summed E-state index contributed by atoms with van der Waals surface area (Å²) in [6, 6.07) is 24.4. The molecule has 37 heavy (non-hydrogen) atoms. The largest absolute Gasteiger partial charge is 0.508 e. The molecule has 0 aliphatic carbocycles. The molecule has 192 valence electrons. The van der Waals surface area contributed by atoms with Gasteiger partial charge in [0.05, 0.1) is 9.79 Å². The van der Waals surface area contributed by atoms with Gasteiger partial charge in [0.2, 0.25) is 0 Å². The maximum absolute atomic E-state index is 12.6. The molecular formula is C26H24N2O7S2. The van der Waals surface area contributed by atoms with Gasteiger partial charge < -0.3 is 20.8 Å². The van der Waals surface area contributed by atoms with Crippen molar-refractivity contribution in [2.75, 3.05) is 10.6 Å². The molecule has 4 N–H and O–H groups in total. The van der Waals surface area contributed by atoms with Gasteiger partial charge in [-0.3, -0.25) is 0 Å². The van der Waals surface area contributed by atoms with Crippen molar-refractivity contribution in [2.24, 2.45) is 0 Å². The number of para-hydroxylation sites is 2. The van der Waals surface area contributed by atoms with E-state index < -0.39 is 20.2 Å². The fourth-order valence-electron chi connectivity index (χ4n) is 3.39. The van der Waals surface area contributed by atoms with Crippen LogP contribution in [0, 0.1) is 0 Å². The van der Waals surface area contributed by atoms with E-state index in [9.17, 15) is 27.0 Å². The molecule has 0 amide bonds. The van der Waals surface area contributed by atoms with E-state index in [2.05, 4.69) is 14.3 Å². The van der Waals surface area contributed by atoms with E-state index in [0.29, 0.717) is 35.6 Å². The lowest BCUT2D eigenvalue weighted by Crippen LogP contribution is -2.14. The Morgan fingerprint density at radius 2 is 0.892 bits per heavy atom. The van der Waals surface area contributed by atoms with Crippen molar-refractivity contribution >= 4 is 31.6 Å². The second kappa shape index (κ2) is 10.9. The molecule has 0 bridgehead atoms. The molecular weight excluding hydrogens is 516 g/mol. The number of hydrogen-bond donors (Lipinski definition) is 4. The molecule has 0 radical (unpaired) electrons. The van der Waals surface area contributed by atoms with Gasteiger partial charge in [-0.15, -0.1) is 3.63 Å². The van der Waals surface area contributed by atoms with Crippen molar-refractivity contribution in [3.63, 3.8) is 0 Å². The van der Waals surface area contributed by atoms with Crippen LogP contribution in [0.15, 0.2) is 107 Å². The third kappa shape index (κ3) is 6.58. The highest BCUT2D eigenvalue weighted by Gasteiger charge is 2.26. The fourth-order valence-corrected chi connectivity index (χ4v) is 5.90. The Hall–Kier alpha value is -4.06. The zero-order valence-electron chi connectivity index (χ0n) is 19.4. The molecule has 0 aliphatic rings. The highest BCUT2D eigenvalue weighted by atomic mass is 32.3. The number of aromatic hydroxyl groups is 2. The van der Waals surface area contributed by atoms with Crippen molar-refractivity contribution in [1.29, 1.82) is 0 Å². The first kappa shape index (κ1) is 26.0. The Balaban J connectivity index is 1.39. The van der Waals surface area contributed by atoms with Gasteiger partial charge in [0.1, 0.15) is 11.5 Å². The third-order valence-corrected chi connectivity index (χ3v) is 8.55. The van der Waals surface area contributed by atoms with E-state index in [0.717, 1.165) is 0 Å². The van der Waals surface area contributed by atoms with Gasteiger partial charge in [-0.2, -0.15) is 16.8 Å². The molecule has 0 aromatic heterocycles. The van der Waals surface area contributed by atoms with Crippen molar-refractivity contribution in [1.82, 2.24) is 0 Å². The summed E-state index contributed by atoms with van der Waals surface area (Å²) in [6.45, 7) is 0.613. The Bertz CT molecular complexity index is 1470. The quantitative estimate of drug-likeness (QED) is 0.230. The summed E-state index contributed by atoms with van der Waals surface area (Å²) in [4.78, 5) is -0.657. The predicted octanol–water partition coefficient (Wildman–Crippen LogP) is 4.42. The van der Waals surface area contributed by atoms with Gasteiger partial charge >= 0.3 is 20.2 Å². The highest BCUT2D eigenvalue weighted by molar-refractivity contribution is 7.99. The average molecular weight is 541 g/mol. The van der Waals surface area contributed by atoms with Crippen molar-refractivity contribution in [2.45, 2.75) is 22.9 Å². The summed E-state index contributed by atoms with van der Waals surface area (Å²) in [5.41, 5.74) is 2.45. The normalized spacial score (nSPS) is 11.7.